The molecule has 0 amide bonds. The van der Waals surface area contributed by atoms with Gasteiger partial charge in [0.25, 0.3) is 0 Å². The van der Waals surface area contributed by atoms with Gasteiger partial charge in [0.1, 0.15) is 10.9 Å². The van der Waals surface area contributed by atoms with Crippen LogP contribution in [0, 0.1) is 11.3 Å². The largest absolute Gasteiger partial charge is 0.348 e. The molecule has 0 spiro atoms. The number of rotatable bonds is 2. The van der Waals surface area contributed by atoms with E-state index >= 15 is 0 Å². The zero-order chi connectivity index (χ0) is 10.8. The summed E-state index contributed by atoms with van der Waals surface area (Å²) in [5, 5.41) is 10.1. The minimum Gasteiger partial charge on any atom is -0.348 e. The van der Waals surface area contributed by atoms with Crippen LogP contribution >= 0.6 is 11.3 Å². The Kier molecular flexibility index (Phi) is 2.92. The zero-order valence-corrected chi connectivity index (χ0v) is 9.97. The van der Waals surface area contributed by atoms with Crippen LogP contribution in [0.3, 0.4) is 0 Å². The van der Waals surface area contributed by atoms with Crippen LogP contribution in [0.5, 0.6) is 0 Å². The highest BCUT2D eigenvalue weighted by atomic mass is 32.1. The Labute approximate surface area is 94.4 Å². The lowest BCUT2D eigenvalue weighted by Crippen LogP contribution is -2.17. The lowest BCUT2D eigenvalue weighted by Gasteiger charge is -2.12. The van der Waals surface area contributed by atoms with Gasteiger partial charge in [0.15, 0.2) is 5.13 Å². The second kappa shape index (κ2) is 4.19. The highest BCUT2D eigenvalue weighted by Crippen LogP contribution is 2.31. The van der Waals surface area contributed by atoms with Gasteiger partial charge in [0.05, 0.1) is 5.69 Å². The van der Waals surface area contributed by atoms with E-state index in [0.29, 0.717) is 5.92 Å². The van der Waals surface area contributed by atoms with E-state index in [0.717, 1.165) is 28.8 Å². The Bertz CT molecular complexity index is 383. The molecule has 0 atom stereocenters. The molecule has 2 heterocycles. The quantitative estimate of drug-likeness (QED) is 0.771. The Hall–Kier alpha value is -1.08. The lowest BCUT2D eigenvalue weighted by atomic mass is 10.1. The second-order valence-corrected chi connectivity index (χ2v) is 5.15. The van der Waals surface area contributed by atoms with Crippen LogP contribution in [-0.4, -0.2) is 18.1 Å². The van der Waals surface area contributed by atoms with Crippen LogP contribution in [0.2, 0.25) is 0 Å². The standard InChI is InChI=1S/C11H15N3S/c1-8(2)10-9(7-12)15-11(13-10)14-5-3-4-6-14/h8H,3-6H2,1-2H3. The maximum Gasteiger partial charge on any atom is 0.186 e. The van der Waals surface area contributed by atoms with Crippen LogP contribution < -0.4 is 4.90 Å². The van der Waals surface area contributed by atoms with Gasteiger partial charge < -0.3 is 4.90 Å². The third-order valence-corrected chi connectivity index (χ3v) is 3.70. The molecular weight excluding hydrogens is 206 g/mol. The molecular formula is C11H15N3S. The number of anilines is 1. The molecule has 1 aliphatic rings. The summed E-state index contributed by atoms with van der Waals surface area (Å²) >= 11 is 1.54. The Morgan fingerprint density at radius 1 is 1.40 bits per heavy atom. The van der Waals surface area contributed by atoms with Crippen molar-refractivity contribution in [2.45, 2.75) is 32.6 Å². The van der Waals surface area contributed by atoms with E-state index in [4.69, 9.17) is 5.26 Å². The number of nitriles is 1. The molecule has 3 nitrogen and oxygen atoms in total. The van der Waals surface area contributed by atoms with Gasteiger partial charge in [0, 0.05) is 13.1 Å². The van der Waals surface area contributed by atoms with Crippen LogP contribution in [0.1, 0.15) is 43.2 Å². The Morgan fingerprint density at radius 2 is 2.07 bits per heavy atom. The molecule has 0 N–H and O–H groups in total. The topological polar surface area (TPSA) is 39.9 Å². The number of hydrogen-bond acceptors (Lipinski definition) is 4. The molecule has 0 aliphatic carbocycles. The lowest BCUT2D eigenvalue weighted by molar-refractivity contribution is 0.822. The first-order chi connectivity index (χ1) is 7.22. The molecule has 2 rings (SSSR count). The van der Waals surface area contributed by atoms with Crippen molar-refractivity contribution in [1.29, 1.82) is 5.26 Å². The number of nitrogens with zero attached hydrogens (tertiary/aromatic N) is 3. The van der Waals surface area contributed by atoms with E-state index in [1.165, 1.54) is 24.2 Å². The zero-order valence-electron chi connectivity index (χ0n) is 9.16. The van der Waals surface area contributed by atoms with Crippen LogP contribution in [0.15, 0.2) is 0 Å². The highest BCUT2D eigenvalue weighted by molar-refractivity contribution is 7.16. The first-order valence-electron chi connectivity index (χ1n) is 5.38. The van der Waals surface area contributed by atoms with Crippen molar-refractivity contribution in [3.63, 3.8) is 0 Å². The predicted octanol–water partition coefficient (Wildman–Crippen LogP) is 2.74. The van der Waals surface area contributed by atoms with Gasteiger partial charge in [-0.1, -0.05) is 25.2 Å². The summed E-state index contributed by atoms with van der Waals surface area (Å²) in [5.41, 5.74) is 0.962. The Morgan fingerprint density at radius 3 is 2.53 bits per heavy atom. The van der Waals surface area contributed by atoms with Gasteiger partial charge in [-0.15, -0.1) is 0 Å². The maximum absolute atomic E-state index is 9.03. The van der Waals surface area contributed by atoms with Crippen molar-refractivity contribution >= 4 is 16.5 Å². The van der Waals surface area contributed by atoms with Gasteiger partial charge in [-0.2, -0.15) is 5.26 Å². The molecule has 1 aromatic rings. The van der Waals surface area contributed by atoms with E-state index < -0.39 is 0 Å². The maximum atomic E-state index is 9.03. The third kappa shape index (κ3) is 1.98. The minimum absolute atomic E-state index is 0.340. The van der Waals surface area contributed by atoms with E-state index in [9.17, 15) is 0 Å². The molecule has 0 saturated carbocycles. The molecule has 1 aliphatic heterocycles. The van der Waals surface area contributed by atoms with Crippen LogP contribution in [-0.2, 0) is 0 Å². The van der Waals surface area contributed by atoms with Crippen molar-refractivity contribution in [1.82, 2.24) is 4.98 Å². The molecule has 0 unspecified atom stereocenters. The van der Waals surface area contributed by atoms with Crippen molar-refractivity contribution in [3.05, 3.63) is 10.6 Å². The van der Waals surface area contributed by atoms with E-state index in [1.807, 2.05) is 0 Å². The monoisotopic (exact) mass is 221 g/mol. The van der Waals surface area contributed by atoms with Gasteiger partial charge in [-0.25, -0.2) is 4.98 Å². The van der Waals surface area contributed by atoms with E-state index in [1.54, 1.807) is 0 Å². The summed E-state index contributed by atoms with van der Waals surface area (Å²) in [6, 6.07) is 2.25. The summed E-state index contributed by atoms with van der Waals surface area (Å²) in [6.45, 7) is 6.36. The van der Waals surface area contributed by atoms with E-state index in [-0.39, 0.29) is 0 Å². The SMILES string of the molecule is CC(C)c1nc(N2CCCC2)sc1C#N. The molecule has 0 radical (unpaired) electrons. The smallest absolute Gasteiger partial charge is 0.186 e. The summed E-state index contributed by atoms with van der Waals surface area (Å²) in [7, 11) is 0. The van der Waals surface area contributed by atoms with Gasteiger partial charge >= 0.3 is 0 Å². The fourth-order valence-corrected chi connectivity index (χ4v) is 2.91. The first kappa shape index (κ1) is 10.4. The number of aromatic nitrogens is 1. The molecule has 80 valence electrons. The molecule has 0 bridgehead atoms. The Balaban J connectivity index is 2.30. The fraction of sp³-hybridized carbons (Fsp3) is 0.636. The van der Waals surface area contributed by atoms with E-state index in [2.05, 4.69) is 29.8 Å². The van der Waals surface area contributed by atoms with Gasteiger partial charge in [-0.3, -0.25) is 0 Å². The van der Waals surface area contributed by atoms with Crippen molar-refractivity contribution in [2.24, 2.45) is 0 Å². The average molecular weight is 221 g/mol. The number of hydrogen-bond donors (Lipinski definition) is 0. The predicted molar refractivity (Wildman–Crippen MR) is 62.4 cm³/mol. The summed E-state index contributed by atoms with van der Waals surface area (Å²) < 4.78 is 0. The highest BCUT2D eigenvalue weighted by Gasteiger charge is 2.20. The molecule has 1 aromatic heterocycles. The van der Waals surface area contributed by atoms with Crippen molar-refractivity contribution in [3.8, 4) is 6.07 Å². The van der Waals surface area contributed by atoms with Crippen LogP contribution in [0.4, 0.5) is 5.13 Å². The van der Waals surface area contributed by atoms with Crippen molar-refractivity contribution in [2.75, 3.05) is 18.0 Å². The van der Waals surface area contributed by atoms with Crippen molar-refractivity contribution < 1.29 is 0 Å². The normalized spacial score (nSPS) is 16.0. The molecule has 0 aromatic carbocycles. The molecule has 4 heteroatoms. The molecule has 15 heavy (non-hydrogen) atoms. The van der Waals surface area contributed by atoms with Gasteiger partial charge in [-0.05, 0) is 18.8 Å². The fourth-order valence-electron chi connectivity index (χ4n) is 1.84. The first-order valence-corrected chi connectivity index (χ1v) is 6.20. The minimum atomic E-state index is 0.340. The summed E-state index contributed by atoms with van der Waals surface area (Å²) in [5.74, 6) is 0.340. The number of thiazole rings is 1. The summed E-state index contributed by atoms with van der Waals surface area (Å²) in [6.07, 6.45) is 2.50. The third-order valence-electron chi connectivity index (χ3n) is 2.67. The molecule has 1 fully saturated rings. The van der Waals surface area contributed by atoms with Gasteiger partial charge in [0.2, 0.25) is 0 Å². The summed E-state index contributed by atoms with van der Waals surface area (Å²) in [4.78, 5) is 7.66. The molecule has 1 saturated heterocycles. The second-order valence-electron chi connectivity index (χ2n) is 4.17. The average Bonchev–Trinajstić information content (AvgIpc) is 2.86. The van der Waals surface area contributed by atoms with Crippen LogP contribution in [0.25, 0.3) is 0 Å².